The molecule has 2 aromatic carbocycles. The van der Waals surface area contributed by atoms with Crippen molar-refractivity contribution in [3.05, 3.63) is 53.3 Å². The average molecular weight is 466 g/mol. The molecule has 0 spiro atoms. The zero-order valence-electron chi connectivity index (χ0n) is 18.9. The molecule has 0 amide bonds. The lowest BCUT2D eigenvalue weighted by molar-refractivity contribution is 0.361. The summed E-state index contributed by atoms with van der Waals surface area (Å²) < 4.78 is 26.3. The van der Waals surface area contributed by atoms with Gasteiger partial charge in [0.2, 0.25) is 0 Å². The van der Waals surface area contributed by atoms with Gasteiger partial charge >= 0.3 is 0 Å². The van der Waals surface area contributed by atoms with Gasteiger partial charge in [-0.15, -0.1) is 0 Å². The summed E-state index contributed by atoms with van der Waals surface area (Å²) in [6.45, 7) is 2.08. The lowest BCUT2D eigenvalue weighted by Crippen LogP contribution is -2.31. The molecular formula is C24H27N5O3S. The number of phenols is 1. The van der Waals surface area contributed by atoms with Crippen LogP contribution < -0.4 is 5.32 Å². The first-order valence-electron chi connectivity index (χ1n) is 10.8. The summed E-state index contributed by atoms with van der Waals surface area (Å²) in [5.74, 6) is -0.173. The molecular weight excluding hydrogens is 438 g/mol. The van der Waals surface area contributed by atoms with Crippen LogP contribution in [0.1, 0.15) is 36.0 Å². The number of H-pyrrole nitrogens is 1. The van der Waals surface area contributed by atoms with Crippen LogP contribution in [0.5, 0.6) is 5.75 Å². The maximum atomic E-state index is 12.4. The molecule has 1 aliphatic carbocycles. The highest BCUT2D eigenvalue weighted by Gasteiger charge is 2.20. The largest absolute Gasteiger partial charge is 0.504 e. The summed E-state index contributed by atoms with van der Waals surface area (Å²) >= 11 is 0. The summed E-state index contributed by atoms with van der Waals surface area (Å²) in [7, 11) is -1.41. The van der Waals surface area contributed by atoms with Crippen molar-refractivity contribution in [3.8, 4) is 11.8 Å². The van der Waals surface area contributed by atoms with Gasteiger partial charge in [0.1, 0.15) is 11.6 Å². The Morgan fingerprint density at radius 1 is 1.33 bits per heavy atom. The summed E-state index contributed by atoms with van der Waals surface area (Å²) in [5, 5.41) is 28.3. The third kappa shape index (κ3) is 4.45. The molecule has 9 heteroatoms. The van der Waals surface area contributed by atoms with Gasteiger partial charge in [0.05, 0.1) is 17.0 Å². The van der Waals surface area contributed by atoms with E-state index in [0.29, 0.717) is 16.5 Å². The number of hydrogen-bond acceptors (Lipinski definition) is 6. The van der Waals surface area contributed by atoms with Gasteiger partial charge in [-0.05, 0) is 56.6 Å². The minimum Gasteiger partial charge on any atom is -0.504 e. The van der Waals surface area contributed by atoms with Crippen molar-refractivity contribution in [2.24, 2.45) is 0 Å². The van der Waals surface area contributed by atoms with Crippen LogP contribution >= 0.6 is 0 Å². The predicted molar refractivity (Wildman–Crippen MR) is 128 cm³/mol. The highest BCUT2D eigenvalue weighted by atomic mass is 32.2. The van der Waals surface area contributed by atoms with Gasteiger partial charge in [0.15, 0.2) is 15.6 Å². The molecule has 0 bridgehead atoms. The summed E-state index contributed by atoms with van der Waals surface area (Å²) in [4.78, 5) is 3.40. The first-order valence-corrected chi connectivity index (χ1v) is 12.7. The maximum Gasteiger partial charge on any atom is 0.175 e. The van der Waals surface area contributed by atoms with Gasteiger partial charge < -0.3 is 15.4 Å². The molecule has 5 rings (SSSR count). The van der Waals surface area contributed by atoms with Crippen molar-refractivity contribution in [2.75, 3.05) is 13.3 Å². The van der Waals surface area contributed by atoms with Gasteiger partial charge in [-0.3, -0.25) is 4.68 Å². The van der Waals surface area contributed by atoms with Crippen LogP contribution in [-0.4, -0.2) is 47.6 Å². The van der Waals surface area contributed by atoms with Gasteiger partial charge in [-0.2, -0.15) is 10.4 Å². The number of aryl methyl sites for hydroxylation is 1. The second-order valence-electron chi connectivity index (χ2n) is 8.46. The Hall–Kier alpha value is -3.35. The van der Waals surface area contributed by atoms with Gasteiger partial charge in [-0.1, -0.05) is 6.42 Å². The molecule has 2 aromatic heterocycles. The SMILES string of the molecule is CNC1CCC1.Cc1cc(S(C)(=O)=O)c(Cn2cc3ccc(C#N)c(O)c3n2)c2cc[nH]c12. The molecule has 3 N–H and O–H groups in total. The maximum absolute atomic E-state index is 12.4. The molecule has 1 aliphatic rings. The number of fused-ring (bicyclic) bond motifs is 2. The van der Waals surface area contributed by atoms with E-state index in [2.05, 4.69) is 15.4 Å². The molecule has 2 heterocycles. The second-order valence-corrected chi connectivity index (χ2v) is 10.4. The quantitative estimate of drug-likeness (QED) is 0.423. The van der Waals surface area contributed by atoms with Crippen molar-refractivity contribution in [2.45, 2.75) is 43.7 Å². The number of aromatic nitrogens is 3. The molecule has 4 aromatic rings. The zero-order chi connectivity index (χ0) is 23.8. The Morgan fingerprint density at radius 3 is 2.67 bits per heavy atom. The molecule has 0 unspecified atom stereocenters. The molecule has 1 saturated carbocycles. The summed E-state index contributed by atoms with van der Waals surface area (Å²) in [6, 6.07) is 9.53. The van der Waals surface area contributed by atoms with E-state index < -0.39 is 9.84 Å². The van der Waals surface area contributed by atoms with E-state index in [1.165, 1.54) is 31.6 Å². The van der Waals surface area contributed by atoms with E-state index in [1.54, 1.807) is 29.2 Å². The lowest BCUT2D eigenvalue weighted by atomic mass is 9.94. The van der Waals surface area contributed by atoms with Crippen LogP contribution in [0.2, 0.25) is 0 Å². The van der Waals surface area contributed by atoms with Crippen molar-refractivity contribution < 1.29 is 13.5 Å². The third-order valence-corrected chi connectivity index (χ3v) is 7.33. The third-order valence-electron chi connectivity index (χ3n) is 6.16. The van der Waals surface area contributed by atoms with E-state index in [1.807, 2.05) is 26.1 Å². The van der Waals surface area contributed by atoms with Crippen molar-refractivity contribution in [1.29, 1.82) is 5.26 Å². The molecule has 0 saturated heterocycles. The second kappa shape index (κ2) is 8.89. The zero-order valence-corrected chi connectivity index (χ0v) is 19.7. The Labute approximate surface area is 192 Å². The van der Waals surface area contributed by atoms with Gasteiger partial charge in [-0.25, -0.2) is 8.42 Å². The van der Waals surface area contributed by atoms with Crippen LogP contribution in [0.25, 0.3) is 21.8 Å². The molecule has 0 aliphatic heterocycles. The number of nitriles is 1. The number of benzene rings is 2. The molecule has 1 fully saturated rings. The van der Waals surface area contributed by atoms with E-state index in [-0.39, 0.29) is 22.8 Å². The van der Waals surface area contributed by atoms with Crippen molar-refractivity contribution >= 4 is 31.6 Å². The lowest BCUT2D eigenvalue weighted by Gasteiger charge is -2.23. The van der Waals surface area contributed by atoms with Crippen LogP contribution in [-0.2, 0) is 16.4 Å². The molecule has 0 radical (unpaired) electrons. The molecule has 33 heavy (non-hydrogen) atoms. The highest BCUT2D eigenvalue weighted by Crippen LogP contribution is 2.31. The summed E-state index contributed by atoms with van der Waals surface area (Å²) in [6.07, 6.45) is 8.92. The van der Waals surface area contributed by atoms with Crippen molar-refractivity contribution in [1.82, 2.24) is 20.1 Å². The number of aromatic hydroxyl groups is 1. The van der Waals surface area contributed by atoms with E-state index in [4.69, 9.17) is 5.26 Å². The van der Waals surface area contributed by atoms with E-state index in [9.17, 15) is 13.5 Å². The monoisotopic (exact) mass is 465 g/mol. The predicted octanol–water partition coefficient (Wildman–Crippen LogP) is 3.61. The highest BCUT2D eigenvalue weighted by molar-refractivity contribution is 7.90. The number of aromatic amines is 1. The Balaban J connectivity index is 0.000000376. The van der Waals surface area contributed by atoms with Crippen molar-refractivity contribution in [3.63, 3.8) is 0 Å². The normalized spacial score (nSPS) is 14.0. The van der Waals surface area contributed by atoms with Gasteiger partial charge in [0.25, 0.3) is 0 Å². The number of phenolic OH excluding ortho intramolecular Hbond substituents is 1. The Kier molecular flexibility index (Phi) is 6.15. The minimum absolute atomic E-state index is 0.146. The van der Waals surface area contributed by atoms with Gasteiger partial charge in [0, 0.05) is 46.5 Å². The molecule has 172 valence electrons. The number of sulfone groups is 1. The Bertz CT molecular complexity index is 1470. The molecule has 0 atom stereocenters. The first kappa shape index (κ1) is 22.8. The fraction of sp³-hybridized carbons (Fsp3) is 0.333. The van der Waals surface area contributed by atoms with Crippen LogP contribution in [0.15, 0.2) is 41.6 Å². The minimum atomic E-state index is -3.44. The number of rotatable bonds is 4. The van der Waals surface area contributed by atoms with E-state index in [0.717, 1.165) is 22.5 Å². The van der Waals surface area contributed by atoms with Crippen LogP contribution in [0, 0.1) is 18.3 Å². The van der Waals surface area contributed by atoms with E-state index >= 15 is 0 Å². The average Bonchev–Trinajstić information content (AvgIpc) is 3.37. The number of hydrogen-bond donors (Lipinski definition) is 3. The number of nitrogens with zero attached hydrogens (tertiary/aromatic N) is 3. The van der Waals surface area contributed by atoms with Crippen LogP contribution in [0.3, 0.4) is 0 Å². The van der Waals surface area contributed by atoms with Crippen LogP contribution in [0.4, 0.5) is 0 Å². The fourth-order valence-corrected chi connectivity index (χ4v) is 5.10. The Morgan fingerprint density at radius 2 is 2.09 bits per heavy atom. The standard InChI is InChI=1S/C19H16N4O3S.C5H11N/c1-11-7-16(27(2,25)26)15(14-5-6-21-17(11)14)10-23-9-13-4-3-12(8-20)19(24)18(13)22-23;1-6-5-3-2-4-5/h3-7,9,21,24H,10H2,1-2H3;5-6H,2-4H2,1H3. The fourth-order valence-electron chi connectivity index (χ4n) is 4.08. The smallest absolute Gasteiger partial charge is 0.175 e. The first-order chi connectivity index (χ1) is 15.7. The topological polar surface area (TPSA) is 124 Å². The number of nitrogens with one attached hydrogen (secondary N) is 2. The molecule has 8 nitrogen and oxygen atoms in total. The summed E-state index contributed by atoms with van der Waals surface area (Å²) in [5.41, 5.74) is 2.82.